The van der Waals surface area contributed by atoms with Crippen LogP contribution < -0.4 is 58.2 Å². The summed E-state index contributed by atoms with van der Waals surface area (Å²) in [7, 11) is 0. The minimum atomic E-state index is -0.477. The molecule has 3 heteroatoms. The minimum absolute atomic E-state index is 0. The van der Waals surface area contributed by atoms with Crippen molar-refractivity contribution in [2.45, 2.75) is 20.8 Å². The molecule has 0 heterocycles. The van der Waals surface area contributed by atoms with Crippen LogP contribution in [0.1, 0.15) is 20.8 Å². The molecule has 0 aliphatic carbocycles. The molecule has 0 aromatic heterocycles. The molecular weight excluding hydrogens is 214 g/mol. The maximum atomic E-state index is 10.5. The van der Waals surface area contributed by atoms with Crippen LogP contribution in [0.5, 0.6) is 0 Å². The number of carbonyl (C=O) groups is 1. The SMILES string of the molecule is C=[C-]C(=O)OCC(C)(C)C.[Rb+]. The molecule has 0 atom stereocenters. The Balaban J connectivity index is 0. The normalized spacial score (nSPS) is 9.73. The Morgan fingerprint density at radius 3 is 2.27 bits per heavy atom. The fourth-order valence-electron chi connectivity index (χ4n) is 0.333. The van der Waals surface area contributed by atoms with E-state index >= 15 is 0 Å². The van der Waals surface area contributed by atoms with E-state index in [2.05, 4.69) is 12.7 Å². The van der Waals surface area contributed by atoms with Gasteiger partial charge in [-0.25, -0.2) is 0 Å². The number of carbonyl (C=O) groups excluding carboxylic acids is 1. The van der Waals surface area contributed by atoms with E-state index in [1.54, 1.807) is 0 Å². The zero-order valence-corrected chi connectivity index (χ0v) is 12.6. The van der Waals surface area contributed by atoms with E-state index in [9.17, 15) is 4.79 Å². The van der Waals surface area contributed by atoms with Crippen LogP contribution in [-0.4, -0.2) is 12.6 Å². The van der Waals surface area contributed by atoms with Gasteiger partial charge < -0.3 is 10.8 Å². The summed E-state index contributed by atoms with van der Waals surface area (Å²) in [6, 6.07) is 0. The van der Waals surface area contributed by atoms with Gasteiger partial charge in [0.1, 0.15) is 5.97 Å². The Morgan fingerprint density at radius 1 is 1.55 bits per heavy atom. The summed E-state index contributed by atoms with van der Waals surface area (Å²) < 4.78 is 4.74. The largest absolute Gasteiger partial charge is 1.00 e. The molecule has 0 N–H and O–H groups in total. The molecule has 2 nitrogen and oxygen atoms in total. The van der Waals surface area contributed by atoms with Crippen LogP contribution in [0, 0.1) is 11.5 Å². The quantitative estimate of drug-likeness (QED) is 0.328. The topological polar surface area (TPSA) is 26.3 Å². The fourth-order valence-corrected chi connectivity index (χ4v) is 0.333. The van der Waals surface area contributed by atoms with Gasteiger partial charge in [-0.05, 0) is 5.41 Å². The second-order valence-corrected chi connectivity index (χ2v) is 3.31. The monoisotopic (exact) mass is 226 g/mol. The summed E-state index contributed by atoms with van der Waals surface area (Å²) in [4.78, 5) is 10.5. The van der Waals surface area contributed by atoms with Gasteiger partial charge >= 0.3 is 58.2 Å². The molecule has 0 amide bonds. The molecule has 0 bridgehead atoms. The van der Waals surface area contributed by atoms with Gasteiger partial charge in [0, 0.05) is 0 Å². The zero-order chi connectivity index (χ0) is 8.20. The van der Waals surface area contributed by atoms with Crippen molar-refractivity contribution >= 4 is 5.97 Å². The average Bonchev–Trinajstić information content (AvgIpc) is 1.81. The first-order chi connectivity index (χ1) is 4.45. The van der Waals surface area contributed by atoms with Gasteiger partial charge in [-0.1, -0.05) is 20.8 Å². The van der Waals surface area contributed by atoms with Crippen LogP contribution >= 0.6 is 0 Å². The Morgan fingerprint density at radius 2 is 2.00 bits per heavy atom. The van der Waals surface area contributed by atoms with E-state index in [1.165, 1.54) is 0 Å². The third-order valence-corrected chi connectivity index (χ3v) is 0.781. The minimum Gasteiger partial charge on any atom is -0.489 e. The summed E-state index contributed by atoms with van der Waals surface area (Å²) in [5, 5.41) is 0. The van der Waals surface area contributed by atoms with Crippen molar-refractivity contribution in [3.05, 3.63) is 12.7 Å². The molecule has 58 valence electrons. The molecule has 0 aliphatic heterocycles. The first-order valence-corrected chi connectivity index (χ1v) is 3.15. The number of ether oxygens (including phenoxy) is 1. The third-order valence-electron chi connectivity index (χ3n) is 0.781. The van der Waals surface area contributed by atoms with Crippen molar-refractivity contribution < 1.29 is 67.7 Å². The van der Waals surface area contributed by atoms with Crippen molar-refractivity contribution in [1.82, 2.24) is 0 Å². The van der Waals surface area contributed by atoms with Crippen molar-refractivity contribution in [1.29, 1.82) is 0 Å². The van der Waals surface area contributed by atoms with E-state index in [0.717, 1.165) is 0 Å². The summed E-state index contributed by atoms with van der Waals surface area (Å²) in [6.07, 6.45) is 2.13. The molecule has 0 aliphatic rings. The van der Waals surface area contributed by atoms with E-state index in [1.807, 2.05) is 20.8 Å². The summed E-state index contributed by atoms with van der Waals surface area (Å²) in [5.41, 5.74) is 0.0203. The van der Waals surface area contributed by atoms with Gasteiger partial charge in [-0.3, -0.25) is 11.4 Å². The first-order valence-electron chi connectivity index (χ1n) is 3.15. The van der Waals surface area contributed by atoms with Gasteiger partial charge in [0.05, 0.1) is 6.61 Å². The van der Waals surface area contributed by atoms with Crippen LogP contribution in [0.15, 0.2) is 6.58 Å². The third kappa shape index (κ3) is 11.0. The number of rotatable bonds is 2. The van der Waals surface area contributed by atoms with Gasteiger partial charge in [0.15, 0.2) is 0 Å². The van der Waals surface area contributed by atoms with Crippen LogP contribution in [0.3, 0.4) is 0 Å². The van der Waals surface area contributed by atoms with Crippen molar-refractivity contribution in [2.24, 2.45) is 5.41 Å². The summed E-state index contributed by atoms with van der Waals surface area (Å²) in [6.45, 7) is 9.54. The molecular formula is C8H13O2Rb. The predicted molar refractivity (Wildman–Crippen MR) is 39.3 cm³/mol. The summed E-state index contributed by atoms with van der Waals surface area (Å²) >= 11 is 0. The standard InChI is InChI=1S/C8H13O2.Rb/c1-5-7(9)10-6-8(2,3)4;/h1,6H2,2-4H3;/q-1;+1. The molecule has 0 radical (unpaired) electrons. The zero-order valence-electron chi connectivity index (χ0n) is 7.73. The molecule has 0 fully saturated rings. The van der Waals surface area contributed by atoms with Gasteiger partial charge in [0.25, 0.3) is 0 Å². The predicted octanol–water partition coefficient (Wildman–Crippen LogP) is -1.43. The molecule has 0 saturated heterocycles. The smallest absolute Gasteiger partial charge is 0.489 e. The maximum Gasteiger partial charge on any atom is 1.00 e. The molecule has 0 spiro atoms. The van der Waals surface area contributed by atoms with E-state index in [4.69, 9.17) is 4.74 Å². The Kier molecular flexibility index (Phi) is 8.62. The van der Waals surface area contributed by atoms with E-state index < -0.39 is 5.97 Å². The first kappa shape index (κ1) is 14.5. The Labute approximate surface area is 117 Å². The molecule has 0 saturated carbocycles. The Hall–Kier alpha value is 1.02. The van der Waals surface area contributed by atoms with Crippen LogP contribution in [0.2, 0.25) is 0 Å². The van der Waals surface area contributed by atoms with E-state index in [-0.39, 0.29) is 63.6 Å². The molecule has 11 heavy (non-hydrogen) atoms. The average molecular weight is 227 g/mol. The summed E-state index contributed by atoms with van der Waals surface area (Å²) in [5.74, 6) is -0.477. The van der Waals surface area contributed by atoms with Crippen molar-refractivity contribution in [2.75, 3.05) is 6.61 Å². The molecule has 0 rings (SSSR count). The molecule has 0 unspecified atom stereocenters. The molecule has 0 aromatic rings. The maximum absolute atomic E-state index is 10.5. The fraction of sp³-hybridized carbons (Fsp3) is 0.625. The van der Waals surface area contributed by atoms with Crippen molar-refractivity contribution in [3.8, 4) is 0 Å². The number of esters is 1. The van der Waals surface area contributed by atoms with Gasteiger partial charge in [-0.15, -0.1) is 0 Å². The van der Waals surface area contributed by atoms with Gasteiger partial charge in [0.2, 0.25) is 0 Å². The van der Waals surface area contributed by atoms with Crippen molar-refractivity contribution in [3.63, 3.8) is 0 Å². The Bertz CT molecular complexity index is 136. The van der Waals surface area contributed by atoms with E-state index in [0.29, 0.717) is 6.61 Å². The van der Waals surface area contributed by atoms with Crippen LogP contribution in [-0.2, 0) is 9.53 Å². The second kappa shape index (κ2) is 6.52. The van der Waals surface area contributed by atoms with Crippen LogP contribution in [0.4, 0.5) is 0 Å². The second-order valence-electron chi connectivity index (χ2n) is 3.31. The molecule has 0 aromatic carbocycles. The number of hydrogen-bond donors (Lipinski definition) is 0. The van der Waals surface area contributed by atoms with Crippen LogP contribution in [0.25, 0.3) is 0 Å². The van der Waals surface area contributed by atoms with Gasteiger partial charge in [-0.2, -0.15) is 0 Å². The number of hydrogen-bond acceptors (Lipinski definition) is 2.